The molecule has 0 saturated carbocycles. The monoisotopic (exact) mass is 388 g/mol. The minimum atomic E-state index is -3.61. The number of carbonyl (C=O) groups excluding carboxylic acids is 1. The second-order valence-electron chi connectivity index (χ2n) is 6.59. The van der Waals surface area contributed by atoms with Gasteiger partial charge in [0.2, 0.25) is 15.9 Å². The molecule has 2 aromatic rings. The summed E-state index contributed by atoms with van der Waals surface area (Å²) in [6, 6.07) is 16.1. The topological polar surface area (TPSA) is 75.7 Å². The number of likely N-dealkylation sites (tertiary alicyclic amines) is 1. The first-order chi connectivity index (χ1) is 13.0. The lowest BCUT2D eigenvalue weighted by Crippen LogP contribution is -2.31. The normalized spacial score (nSPS) is 17.3. The number of rotatable bonds is 8. The van der Waals surface area contributed by atoms with Crippen LogP contribution in [0.2, 0.25) is 0 Å². The van der Waals surface area contributed by atoms with Gasteiger partial charge in [-0.3, -0.25) is 4.79 Å². The summed E-state index contributed by atoms with van der Waals surface area (Å²) in [7, 11) is -3.61. The van der Waals surface area contributed by atoms with Crippen LogP contribution in [0.1, 0.15) is 18.9 Å². The van der Waals surface area contributed by atoms with Gasteiger partial charge in [-0.15, -0.1) is 0 Å². The molecule has 1 unspecified atom stereocenters. The molecule has 7 heteroatoms. The van der Waals surface area contributed by atoms with E-state index < -0.39 is 10.0 Å². The van der Waals surface area contributed by atoms with E-state index in [1.54, 1.807) is 17.0 Å². The molecule has 1 heterocycles. The number of nitrogens with one attached hydrogen (secondary N) is 1. The molecular formula is C20H24N2O4S. The van der Waals surface area contributed by atoms with Gasteiger partial charge in [-0.2, -0.15) is 0 Å². The first kappa shape index (κ1) is 19.4. The van der Waals surface area contributed by atoms with Crippen molar-refractivity contribution < 1.29 is 17.9 Å². The number of nitrogens with zero attached hydrogens (tertiary/aromatic N) is 1. The summed E-state index contributed by atoms with van der Waals surface area (Å²) >= 11 is 0. The van der Waals surface area contributed by atoms with Gasteiger partial charge in [0.15, 0.2) is 0 Å². The SMILES string of the molecule is CCOc1ccc(S(=O)(=O)NCC2CC(=O)N(Cc3ccccc3)C2)cc1. The summed E-state index contributed by atoms with van der Waals surface area (Å²) in [4.78, 5) is 14.2. The zero-order valence-corrected chi connectivity index (χ0v) is 16.1. The lowest BCUT2D eigenvalue weighted by atomic mass is 10.1. The van der Waals surface area contributed by atoms with E-state index in [1.807, 2.05) is 37.3 Å². The fourth-order valence-electron chi connectivity index (χ4n) is 3.14. The van der Waals surface area contributed by atoms with Crippen molar-refractivity contribution in [3.63, 3.8) is 0 Å². The summed E-state index contributed by atoms with van der Waals surface area (Å²) < 4.78 is 32.9. The summed E-state index contributed by atoms with van der Waals surface area (Å²) in [5.74, 6) is 0.664. The second kappa shape index (κ2) is 8.54. The van der Waals surface area contributed by atoms with Crippen LogP contribution in [0, 0.1) is 5.92 Å². The Bertz CT molecular complexity index is 867. The minimum Gasteiger partial charge on any atom is -0.494 e. The predicted molar refractivity (Wildman–Crippen MR) is 103 cm³/mol. The highest BCUT2D eigenvalue weighted by molar-refractivity contribution is 7.89. The number of carbonyl (C=O) groups is 1. The van der Waals surface area contributed by atoms with Crippen LogP contribution in [0.15, 0.2) is 59.5 Å². The molecule has 1 fully saturated rings. The Balaban J connectivity index is 1.55. The van der Waals surface area contributed by atoms with Crippen molar-refractivity contribution in [2.24, 2.45) is 5.92 Å². The molecule has 0 radical (unpaired) electrons. The van der Waals surface area contributed by atoms with Crippen LogP contribution in [0.3, 0.4) is 0 Å². The predicted octanol–water partition coefficient (Wildman–Crippen LogP) is 2.41. The van der Waals surface area contributed by atoms with Gasteiger partial charge in [0.1, 0.15) is 5.75 Å². The lowest BCUT2D eigenvalue weighted by Gasteiger charge is -2.17. The average Bonchev–Trinajstić information content (AvgIpc) is 3.01. The van der Waals surface area contributed by atoms with E-state index >= 15 is 0 Å². The van der Waals surface area contributed by atoms with Gasteiger partial charge in [-0.1, -0.05) is 30.3 Å². The highest BCUT2D eigenvalue weighted by Gasteiger charge is 2.30. The highest BCUT2D eigenvalue weighted by Crippen LogP contribution is 2.21. The maximum atomic E-state index is 12.5. The van der Waals surface area contributed by atoms with Crippen molar-refractivity contribution in [2.75, 3.05) is 19.7 Å². The third-order valence-corrected chi connectivity index (χ3v) is 5.96. The van der Waals surface area contributed by atoms with Crippen LogP contribution in [0.5, 0.6) is 5.75 Å². The Labute approximate surface area is 160 Å². The standard InChI is InChI=1S/C20H24N2O4S/c1-2-26-18-8-10-19(11-9-18)27(24,25)21-13-17-12-20(23)22(15-17)14-16-6-4-3-5-7-16/h3-11,17,21H,2,12-15H2,1H3. The quantitative estimate of drug-likeness (QED) is 0.754. The molecule has 0 bridgehead atoms. The third-order valence-electron chi connectivity index (χ3n) is 4.52. The molecule has 6 nitrogen and oxygen atoms in total. The Morgan fingerprint density at radius 3 is 2.48 bits per heavy atom. The summed E-state index contributed by atoms with van der Waals surface area (Å²) in [6.45, 7) is 3.75. The molecule has 0 spiro atoms. The minimum absolute atomic E-state index is 0.0290. The lowest BCUT2D eigenvalue weighted by molar-refractivity contribution is -0.128. The van der Waals surface area contributed by atoms with E-state index in [9.17, 15) is 13.2 Å². The van der Waals surface area contributed by atoms with Gasteiger partial charge in [0, 0.05) is 26.1 Å². The molecule has 0 aromatic heterocycles. The Hall–Kier alpha value is -2.38. The van der Waals surface area contributed by atoms with Gasteiger partial charge < -0.3 is 9.64 Å². The van der Waals surface area contributed by atoms with E-state index in [0.717, 1.165) is 5.56 Å². The third kappa shape index (κ3) is 5.08. The Kier molecular flexibility index (Phi) is 6.13. The van der Waals surface area contributed by atoms with E-state index in [4.69, 9.17) is 4.74 Å². The first-order valence-electron chi connectivity index (χ1n) is 9.02. The van der Waals surface area contributed by atoms with E-state index in [1.165, 1.54) is 12.1 Å². The second-order valence-corrected chi connectivity index (χ2v) is 8.35. The molecule has 27 heavy (non-hydrogen) atoms. The molecule has 1 aliphatic heterocycles. The molecule has 0 aliphatic carbocycles. The van der Waals surface area contributed by atoms with E-state index in [-0.39, 0.29) is 23.3 Å². The molecular weight excluding hydrogens is 364 g/mol. The van der Waals surface area contributed by atoms with Crippen molar-refractivity contribution in [1.29, 1.82) is 0 Å². The molecule has 1 saturated heterocycles. The van der Waals surface area contributed by atoms with Crippen LogP contribution in [0.4, 0.5) is 0 Å². The van der Waals surface area contributed by atoms with Crippen molar-refractivity contribution in [1.82, 2.24) is 9.62 Å². The first-order valence-corrected chi connectivity index (χ1v) is 10.5. The number of hydrogen-bond acceptors (Lipinski definition) is 4. The zero-order chi connectivity index (χ0) is 19.3. The van der Waals surface area contributed by atoms with Crippen molar-refractivity contribution in [3.8, 4) is 5.75 Å². The Morgan fingerprint density at radius 1 is 1.11 bits per heavy atom. The maximum absolute atomic E-state index is 12.5. The van der Waals surface area contributed by atoms with Crippen LogP contribution < -0.4 is 9.46 Å². The zero-order valence-electron chi connectivity index (χ0n) is 15.3. The number of hydrogen-bond donors (Lipinski definition) is 1. The van der Waals surface area contributed by atoms with Crippen molar-refractivity contribution in [3.05, 3.63) is 60.2 Å². The largest absolute Gasteiger partial charge is 0.494 e. The molecule has 3 rings (SSSR count). The summed E-state index contributed by atoms with van der Waals surface area (Å²) in [5.41, 5.74) is 1.07. The van der Waals surface area contributed by atoms with Crippen LogP contribution in [0.25, 0.3) is 0 Å². The van der Waals surface area contributed by atoms with Crippen molar-refractivity contribution >= 4 is 15.9 Å². The average molecular weight is 388 g/mol. The number of sulfonamides is 1. The van der Waals surface area contributed by atoms with Crippen LogP contribution in [-0.4, -0.2) is 38.9 Å². The maximum Gasteiger partial charge on any atom is 0.240 e. The molecule has 144 valence electrons. The van der Waals surface area contributed by atoms with Crippen molar-refractivity contribution in [2.45, 2.75) is 24.8 Å². The van der Waals surface area contributed by atoms with Crippen LogP contribution in [-0.2, 0) is 21.4 Å². The number of ether oxygens (including phenoxy) is 1. The Morgan fingerprint density at radius 2 is 1.81 bits per heavy atom. The highest BCUT2D eigenvalue weighted by atomic mass is 32.2. The van der Waals surface area contributed by atoms with Gasteiger partial charge in [-0.05, 0) is 42.7 Å². The fraction of sp³-hybridized carbons (Fsp3) is 0.350. The van der Waals surface area contributed by atoms with Gasteiger partial charge in [-0.25, -0.2) is 13.1 Å². The van der Waals surface area contributed by atoms with Crippen LogP contribution >= 0.6 is 0 Å². The van der Waals surface area contributed by atoms with E-state index in [2.05, 4.69) is 4.72 Å². The van der Waals surface area contributed by atoms with Gasteiger partial charge in [0.25, 0.3) is 0 Å². The molecule has 1 aliphatic rings. The van der Waals surface area contributed by atoms with Gasteiger partial charge in [0.05, 0.1) is 11.5 Å². The molecule has 1 atom stereocenters. The number of amides is 1. The molecule has 1 N–H and O–H groups in total. The smallest absolute Gasteiger partial charge is 0.240 e. The fourth-order valence-corrected chi connectivity index (χ4v) is 4.26. The van der Waals surface area contributed by atoms with Gasteiger partial charge >= 0.3 is 0 Å². The number of benzene rings is 2. The summed E-state index contributed by atoms with van der Waals surface area (Å²) in [5, 5.41) is 0. The molecule has 1 amide bonds. The van der Waals surface area contributed by atoms with E-state index in [0.29, 0.717) is 31.9 Å². The molecule has 2 aromatic carbocycles. The summed E-state index contributed by atoms with van der Waals surface area (Å²) in [6.07, 6.45) is 0.360.